The van der Waals surface area contributed by atoms with Crippen LogP contribution >= 0.6 is 11.8 Å². The predicted molar refractivity (Wildman–Crippen MR) is 94.0 cm³/mol. The van der Waals surface area contributed by atoms with Gasteiger partial charge in [0, 0.05) is 6.54 Å². The summed E-state index contributed by atoms with van der Waals surface area (Å²) in [5.41, 5.74) is 2.48. The van der Waals surface area contributed by atoms with Crippen molar-refractivity contribution in [3.05, 3.63) is 48.0 Å². The van der Waals surface area contributed by atoms with E-state index < -0.39 is 0 Å². The maximum absolute atomic E-state index is 12.0. The molecule has 1 aliphatic rings. The lowest BCUT2D eigenvalue weighted by Gasteiger charge is -2.18. The molecule has 2 heterocycles. The van der Waals surface area contributed by atoms with Gasteiger partial charge in [0.1, 0.15) is 18.7 Å². The Hall–Kier alpha value is -2.67. The van der Waals surface area contributed by atoms with E-state index in [1.165, 1.54) is 11.8 Å². The van der Waals surface area contributed by atoms with Crippen LogP contribution in [-0.2, 0) is 11.3 Å². The van der Waals surface area contributed by atoms with Gasteiger partial charge in [0.05, 0.1) is 5.75 Å². The van der Waals surface area contributed by atoms with E-state index in [0.29, 0.717) is 25.0 Å². The third-order valence-electron chi connectivity index (χ3n) is 3.70. The molecule has 1 amide bonds. The van der Waals surface area contributed by atoms with Crippen molar-refractivity contribution in [3.63, 3.8) is 0 Å². The Morgan fingerprint density at radius 2 is 1.96 bits per heavy atom. The van der Waals surface area contributed by atoms with Crippen LogP contribution in [0.2, 0.25) is 0 Å². The molecule has 0 saturated carbocycles. The topological polar surface area (TPSA) is 73.6 Å². The van der Waals surface area contributed by atoms with Gasteiger partial charge in [-0.25, -0.2) is 4.98 Å². The lowest BCUT2D eigenvalue weighted by Crippen LogP contribution is -2.24. The number of hydrogen-bond donors (Lipinski definition) is 1. The highest BCUT2D eigenvalue weighted by Gasteiger charge is 2.13. The van der Waals surface area contributed by atoms with Crippen molar-refractivity contribution in [2.45, 2.75) is 11.8 Å². The fraction of sp³-hybridized carbons (Fsp3) is 0.222. The number of hydrogen-bond acceptors (Lipinski definition) is 6. The van der Waals surface area contributed by atoms with Crippen LogP contribution in [0.15, 0.2) is 52.1 Å². The third kappa shape index (κ3) is 3.71. The summed E-state index contributed by atoms with van der Waals surface area (Å²) in [5, 5.41) is 3.38. The zero-order chi connectivity index (χ0) is 17.1. The summed E-state index contributed by atoms with van der Waals surface area (Å²) in [4.78, 5) is 16.4. The number of carbonyl (C=O) groups is 1. The number of benzene rings is 2. The number of amides is 1. The molecule has 25 heavy (non-hydrogen) atoms. The van der Waals surface area contributed by atoms with Crippen molar-refractivity contribution < 1.29 is 18.7 Å². The van der Waals surface area contributed by atoms with Crippen LogP contribution in [0.5, 0.6) is 11.5 Å². The fourth-order valence-electron chi connectivity index (χ4n) is 2.49. The molecule has 0 radical (unpaired) electrons. The first kappa shape index (κ1) is 15.8. The van der Waals surface area contributed by atoms with E-state index in [2.05, 4.69) is 10.3 Å². The highest BCUT2D eigenvalue weighted by atomic mass is 32.2. The van der Waals surface area contributed by atoms with Crippen LogP contribution in [0, 0.1) is 0 Å². The SMILES string of the molecule is O=C(CSc1nc2ccccc2o1)NCc1ccc2c(c1)OCCO2. The number of nitrogens with zero attached hydrogens (tertiary/aromatic N) is 1. The monoisotopic (exact) mass is 356 g/mol. The molecule has 4 rings (SSSR count). The van der Waals surface area contributed by atoms with Gasteiger partial charge in [-0.3, -0.25) is 4.79 Å². The summed E-state index contributed by atoms with van der Waals surface area (Å²) in [5.74, 6) is 1.63. The lowest BCUT2D eigenvalue weighted by molar-refractivity contribution is -0.118. The van der Waals surface area contributed by atoms with Crippen molar-refractivity contribution in [1.29, 1.82) is 0 Å². The highest BCUT2D eigenvalue weighted by molar-refractivity contribution is 7.99. The number of nitrogens with one attached hydrogen (secondary N) is 1. The number of oxazole rings is 1. The number of ether oxygens (including phenoxy) is 2. The van der Waals surface area contributed by atoms with Crippen molar-refractivity contribution >= 4 is 28.8 Å². The molecule has 1 aliphatic heterocycles. The predicted octanol–water partition coefficient (Wildman–Crippen LogP) is 3.01. The third-order valence-corrected chi connectivity index (χ3v) is 4.53. The Morgan fingerprint density at radius 1 is 1.12 bits per heavy atom. The molecule has 7 heteroatoms. The van der Waals surface area contributed by atoms with E-state index in [0.717, 1.165) is 28.2 Å². The number of thioether (sulfide) groups is 1. The van der Waals surface area contributed by atoms with Gasteiger partial charge in [-0.15, -0.1) is 0 Å². The van der Waals surface area contributed by atoms with Crippen molar-refractivity contribution in [2.75, 3.05) is 19.0 Å². The first-order valence-corrected chi connectivity index (χ1v) is 8.90. The second-order valence-electron chi connectivity index (χ2n) is 5.49. The van der Waals surface area contributed by atoms with E-state index in [1.807, 2.05) is 42.5 Å². The van der Waals surface area contributed by atoms with Crippen LogP contribution in [0.1, 0.15) is 5.56 Å². The molecule has 0 spiro atoms. The molecule has 128 valence electrons. The molecule has 0 unspecified atom stereocenters. The van der Waals surface area contributed by atoms with Gasteiger partial charge in [0.2, 0.25) is 5.91 Å². The molecule has 0 aliphatic carbocycles. The summed E-state index contributed by atoms with van der Waals surface area (Å²) in [6.45, 7) is 1.55. The molecule has 6 nitrogen and oxygen atoms in total. The Balaban J connectivity index is 1.30. The second kappa shape index (κ2) is 7.06. The minimum atomic E-state index is -0.0813. The van der Waals surface area contributed by atoms with Crippen LogP contribution in [0.4, 0.5) is 0 Å². The van der Waals surface area contributed by atoms with E-state index in [9.17, 15) is 4.79 Å². The summed E-state index contributed by atoms with van der Waals surface area (Å²) in [7, 11) is 0. The average Bonchev–Trinajstić information content (AvgIpc) is 3.07. The fourth-order valence-corrected chi connectivity index (χ4v) is 3.16. The van der Waals surface area contributed by atoms with Gasteiger partial charge in [-0.2, -0.15) is 0 Å². The van der Waals surface area contributed by atoms with Crippen LogP contribution in [0.3, 0.4) is 0 Å². The molecule has 0 saturated heterocycles. The van der Waals surface area contributed by atoms with Gasteiger partial charge in [-0.05, 0) is 29.8 Å². The Morgan fingerprint density at radius 3 is 2.84 bits per heavy atom. The van der Waals surface area contributed by atoms with Gasteiger partial charge < -0.3 is 19.2 Å². The van der Waals surface area contributed by atoms with E-state index in [1.54, 1.807) is 0 Å². The molecule has 3 aromatic rings. The number of aromatic nitrogens is 1. The van der Waals surface area contributed by atoms with E-state index in [-0.39, 0.29) is 11.7 Å². The minimum Gasteiger partial charge on any atom is -0.486 e. The maximum atomic E-state index is 12.0. The number of para-hydroxylation sites is 2. The van der Waals surface area contributed by atoms with Gasteiger partial charge in [-0.1, -0.05) is 30.0 Å². The quantitative estimate of drug-likeness (QED) is 0.709. The van der Waals surface area contributed by atoms with Gasteiger partial charge >= 0.3 is 0 Å². The summed E-state index contributed by atoms with van der Waals surface area (Å²) in [6.07, 6.45) is 0. The zero-order valence-corrected chi connectivity index (χ0v) is 14.2. The van der Waals surface area contributed by atoms with E-state index in [4.69, 9.17) is 13.9 Å². The molecule has 0 bridgehead atoms. The lowest BCUT2D eigenvalue weighted by atomic mass is 10.2. The van der Waals surface area contributed by atoms with Crippen molar-refractivity contribution in [3.8, 4) is 11.5 Å². The zero-order valence-electron chi connectivity index (χ0n) is 13.4. The maximum Gasteiger partial charge on any atom is 0.257 e. The van der Waals surface area contributed by atoms with Crippen molar-refractivity contribution in [1.82, 2.24) is 10.3 Å². The summed E-state index contributed by atoms with van der Waals surface area (Å²) < 4.78 is 16.6. The number of rotatable bonds is 5. The molecular formula is C18H16N2O4S. The molecule has 2 aromatic carbocycles. The first-order valence-electron chi connectivity index (χ1n) is 7.91. The average molecular weight is 356 g/mol. The second-order valence-corrected chi connectivity index (χ2v) is 6.42. The number of carbonyl (C=O) groups excluding carboxylic acids is 1. The van der Waals surface area contributed by atoms with Crippen LogP contribution in [-0.4, -0.2) is 29.9 Å². The number of fused-ring (bicyclic) bond motifs is 2. The Labute approximate surface area is 148 Å². The Bertz CT molecular complexity index is 876. The van der Waals surface area contributed by atoms with Crippen LogP contribution < -0.4 is 14.8 Å². The molecule has 1 N–H and O–H groups in total. The Kier molecular flexibility index (Phi) is 4.47. The normalized spacial score (nSPS) is 13.0. The molecule has 0 atom stereocenters. The smallest absolute Gasteiger partial charge is 0.257 e. The van der Waals surface area contributed by atoms with E-state index >= 15 is 0 Å². The van der Waals surface area contributed by atoms with Crippen LogP contribution in [0.25, 0.3) is 11.1 Å². The standard InChI is InChI=1S/C18H16N2O4S/c21-17(11-25-18-20-13-3-1-2-4-14(13)24-18)19-10-12-5-6-15-16(9-12)23-8-7-22-15/h1-6,9H,7-8,10-11H2,(H,19,21). The van der Waals surface area contributed by atoms with Gasteiger partial charge in [0.15, 0.2) is 17.1 Å². The summed E-state index contributed by atoms with van der Waals surface area (Å²) >= 11 is 1.28. The molecule has 1 aromatic heterocycles. The first-order chi connectivity index (χ1) is 12.3. The largest absolute Gasteiger partial charge is 0.486 e. The molecular weight excluding hydrogens is 340 g/mol. The highest BCUT2D eigenvalue weighted by Crippen LogP contribution is 2.30. The summed E-state index contributed by atoms with van der Waals surface area (Å²) in [6, 6.07) is 13.2. The van der Waals surface area contributed by atoms with Gasteiger partial charge in [0.25, 0.3) is 5.22 Å². The minimum absolute atomic E-state index is 0.0813. The van der Waals surface area contributed by atoms with Crippen molar-refractivity contribution in [2.24, 2.45) is 0 Å². The molecule has 0 fully saturated rings.